The monoisotopic (exact) mass is 435 g/mol. The summed E-state index contributed by atoms with van der Waals surface area (Å²) in [5, 5.41) is 6.29. The number of carbonyl (C=O) groups is 2. The van der Waals surface area contributed by atoms with E-state index in [2.05, 4.69) is 15.6 Å². The normalized spacial score (nSPS) is 10.4. The van der Waals surface area contributed by atoms with Gasteiger partial charge in [0.1, 0.15) is 10.8 Å². The van der Waals surface area contributed by atoms with Gasteiger partial charge in [0.25, 0.3) is 5.91 Å². The van der Waals surface area contributed by atoms with Crippen LogP contribution >= 0.6 is 11.8 Å². The summed E-state index contributed by atoms with van der Waals surface area (Å²) >= 11 is 1.24. The molecule has 0 unspecified atom stereocenters. The second-order valence-electron chi connectivity index (χ2n) is 6.88. The number of nitrogens with zero attached hydrogens (tertiary/aromatic N) is 1. The third kappa shape index (κ3) is 6.33. The molecule has 0 saturated carbocycles. The van der Waals surface area contributed by atoms with Gasteiger partial charge in [0.2, 0.25) is 5.91 Å². The van der Waals surface area contributed by atoms with Gasteiger partial charge in [-0.1, -0.05) is 30.0 Å². The van der Waals surface area contributed by atoms with Crippen molar-refractivity contribution in [3.63, 3.8) is 0 Å². The number of hydrogen-bond donors (Lipinski definition) is 2. The maximum absolute atomic E-state index is 12.9. The summed E-state index contributed by atoms with van der Waals surface area (Å²) in [5.41, 5.74) is 3.48. The lowest BCUT2D eigenvalue weighted by Crippen LogP contribution is -2.18. The summed E-state index contributed by atoms with van der Waals surface area (Å²) in [7, 11) is 0. The van der Waals surface area contributed by atoms with Crippen LogP contribution in [0.1, 0.15) is 28.5 Å². The molecule has 160 valence electrons. The van der Waals surface area contributed by atoms with Gasteiger partial charge >= 0.3 is 0 Å². The number of thioether (sulfide) groups is 1. The molecule has 3 rings (SSSR count). The van der Waals surface area contributed by atoms with Crippen molar-refractivity contribution in [1.29, 1.82) is 0 Å². The molecule has 2 N–H and O–H groups in total. The molecule has 0 radical (unpaired) electrons. The highest BCUT2D eigenvalue weighted by molar-refractivity contribution is 8.00. The number of anilines is 2. The number of benzene rings is 2. The zero-order valence-corrected chi connectivity index (χ0v) is 18.6. The number of hydrogen-bond acceptors (Lipinski definition) is 5. The van der Waals surface area contributed by atoms with E-state index in [1.54, 1.807) is 12.1 Å². The van der Waals surface area contributed by atoms with Gasteiger partial charge in [0.15, 0.2) is 0 Å². The Balaban J connectivity index is 1.69. The number of pyridine rings is 1. The van der Waals surface area contributed by atoms with Crippen LogP contribution in [0.25, 0.3) is 0 Å². The predicted octanol–water partition coefficient (Wildman–Crippen LogP) is 5.08. The van der Waals surface area contributed by atoms with Crippen LogP contribution in [0.4, 0.5) is 11.4 Å². The molecule has 0 aliphatic heterocycles. The first-order valence-electron chi connectivity index (χ1n) is 9.96. The largest absolute Gasteiger partial charge is 0.494 e. The summed E-state index contributed by atoms with van der Waals surface area (Å²) in [6.45, 7) is 6.25. The molecular weight excluding hydrogens is 410 g/mol. The molecule has 2 aromatic carbocycles. The summed E-state index contributed by atoms with van der Waals surface area (Å²) in [6.07, 6.45) is 0. The second kappa shape index (κ2) is 10.6. The lowest BCUT2D eigenvalue weighted by atomic mass is 10.1. The van der Waals surface area contributed by atoms with Crippen LogP contribution < -0.4 is 15.4 Å². The fraction of sp³-hybridized carbons (Fsp3) is 0.208. The highest BCUT2D eigenvalue weighted by atomic mass is 32.2. The summed E-state index contributed by atoms with van der Waals surface area (Å²) < 4.78 is 5.41. The van der Waals surface area contributed by atoms with E-state index in [0.717, 1.165) is 17.0 Å². The van der Waals surface area contributed by atoms with Gasteiger partial charge in [-0.15, -0.1) is 0 Å². The molecule has 0 aliphatic rings. The zero-order valence-electron chi connectivity index (χ0n) is 17.8. The number of aromatic nitrogens is 1. The van der Waals surface area contributed by atoms with E-state index < -0.39 is 0 Å². The standard InChI is InChI=1S/C24H25N3O3S/c1-4-30-20-12-10-19(11-13-20)26-21(28)15-31-24-22(16(2)14-17(3)25-24)23(29)27-18-8-6-5-7-9-18/h5-14H,4,15H2,1-3H3,(H,26,28)(H,27,29). The first-order chi connectivity index (χ1) is 15.0. The SMILES string of the molecule is CCOc1ccc(NC(=O)CSc2nc(C)cc(C)c2C(=O)Nc2ccccc2)cc1. The topological polar surface area (TPSA) is 80.3 Å². The lowest BCUT2D eigenvalue weighted by Gasteiger charge is -2.13. The molecule has 6 nitrogen and oxygen atoms in total. The number of aryl methyl sites for hydroxylation is 2. The first kappa shape index (κ1) is 22.4. The van der Waals surface area contributed by atoms with Gasteiger partial charge in [-0.05, 0) is 68.8 Å². The smallest absolute Gasteiger partial charge is 0.258 e. The van der Waals surface area contributed by atoms with Crippen LogP contribution in [0.2, 0.25) is 0 Å². The van der Waals surface area contributed by atoms with E-state index >= 15 is 0 Å². The molecule has 0 fully saturated rings. The molecule has 0 bridgehead atoms. The van der Waals surface area contributed by atoms with Crippen molar-refractivity contribution in [3.05, 3.63) is 77.5 Å². The van der Waals surface area contributed by atoms with Crippen LogP contribution in [0.3, 0.4) is 0 Å². The van der Waals surface area contributed by atoms with E-state index in [4.69, 9.17) is 4.74 Å². The van der Waals surface area contributed by atoms with Crippen molar-refractivity contribution in [2.75, 3.05) is 23.0 Å². The van der Waals surface area contributed by atoms with Gasteiger partial charge in [0, 0.05) is 17.1 Å². The third-order valence-corrected chi connectivity index (χ3v) is 5.33. The first-order valence-corrected chi connectivity index (χ1v) is 10.9. The van der Waals surface area contributed by atoms with Crippen LogP contribution in [-0.4, -0.2) is 29.2 Å². The Morgan fingerprint density at radius 1 is 0.968 bits per heavy atom. The van der Waals surface area contributed by atoms with Crippen LogP contribution in [0, 0.1) is 13.8 Å². The van der Waals surface area contributed by atoms with Crippen molar-refractivity contribution in [1.82, 2.24) is 4.98 Å². The van der Waals surface area contributed by atoms with Crippen molar-refractivity contribution in [3.8, 4) is 5.75 Å². The van der Waals surface area contributed by atoms with Crippen LogP contribution in [0.15, 0.2) is 65.7 Å². The molecule has 0 saturated heterocycles. The van der Waals surface area contributed by atoms with E-state index in [1.165, 1.54) is 11.8 Å². The number of amides is 2. The third-order valence-electron chi connectivity index (χ3n) is 4.36. The van der Waals surface area contributed by atoms with E-state index in [1.807, 2.05) is 69.3 Å². The minimum absolute atomic E-state index is 0.134. The fourth-order valence-corrected chi connectivity index (χ4v) is 3.98. The van der Waals surface area contributed by atoms with E-state index in [9.17, 15) is 9.59 Å². The number of para-hydroxylation sites is 1. The molecule has 31 heavy (non-hydrogen) atoms. The zero-order chi connectivity index (χ0) is 22.2. The molecule has 3 aromatic rings. The number of ether oxygens (including phenoxy) is 1. The van der Waals surface area contributed by atoms with Gasteiger partial charge in [-0.25, -0.2) is 4.98 Å². The molecule has 0 aliphatic carbocycles. The Bertz CT molecular complexity index is 1050. The minimum atomic E-state index is -0.245. The van der Waals surface area contributed by atoms with E-state index in [0.29, 0.717) is 28.6 Å². The molecule has 1 heterocycles. The molecule has 2 amide bonds. The van der Waals surface area contributed by atoms with Gasteiger partial charge in [-0.2, -0.15) is 0 Å². The number of nitrogens with one attached hydrogen (secondary N) is 2. The average Bonchev–Trinajstić information content (AvgIpc) is 2.74. The fourth-order valence-electron chi connectivity index (χ4n) is 3.03. The van der Waals surface area contributed by atoms with Crippen LogP contribution in [0.5, 0.6) is 5.75 Å². The molecular formula is C24H25N3O3S. The Morgan fingerprint density at radius 2 is 1.65 bits per heavy atom. The average molecular weight is 436 g/mol. The van der Waals surface area contributed by atoms with Gasteiger partial charge in [-0.3, -0.25) is 9.59 Å². The highest BCUT2D eigenvalue weighted by Gasteiger charge is 2.18. The maximum Gasteiger partial charge on any atom is 0.258 e. The number of carbonyl (C=O) groups excluding carboxylic acids is 2. The van der Waals surface area contributed by atoms with Crippen molar-refractivity contribution in [2.24, 2.45) is 0 Å². The molecule has 7 heteroatoms. The molecule has 0 spiro atoms. The van der Waals surface area contributed by atoms with Crippen molar-refractivity contribution in [2.45, 2.75) is 25.8 Å². The lowest BCUT2D eigenvalue weighted by molar-refractivity contribution is -0.113. The quantitative estimate of drug-likeness (QED) is 0.482. The number of rotatable bonds is 8. The van der Waals surface area contributed by atoms with Gasteiger partial charge < -0.3 is 15.4 Å². The van der Waals surface area contributed by atoms with Gasteiger partial charge in [0.05, 0.1) is 17.9 Å². The summed E-state index contributed by atoms with van der Waals surface area (Å²) in [6, 6.07) is 18.3. The Kier molecular flexibility index (Phi) is 7.67. The maximum atomic E-state index is 12.9. The molecule has 0 atom stereocenters. The second-order valence-corrected chi connectivity index (χ2v) is 7.84. The Hall–Kier alpha value is -3.32. The van der Waals surface area contributed by atoms with E-state index in [-0.39, 0.29) is 17.6 Å². The Morgan fingerprint density at radius 3 is 2.32 bits per heavy atom. The minimum Gasteiger partial charge on any atom is -0.494 e. The summed E-state index contributed by atoms with van der Waals surface area (Å²) in [5.74, 6) is 0.466. The molecule has 1 aromatic heterocycles. The Labute approximate surface area is 186 Å². The van der Waals surface area contributed by atoms with Crippen LogP contribution in [-0.2, 0) is 4.79 Å². The summed E-state index contributed by atoms with van der Waals surface area (Å²) in [4.78, 5) is 29.9. The van der Waals surface area contributed by atoms with Crippen molar-refractivity contribution >= 4 is 35.0 Å². The highest BCUT2D eigenvalue weighted by Crippen LogP contribution is 2.26. The predicted molar refractivity (Wildman–Crippen MR) is 125 cm³/mol. The van der Waals surface area contributed by atoms with Crippen molar-refractivity contribution < 1.29 is 14.3 Å².